The van der Waals surface area contributed by atoms with E-state index in [1.807, 2.05) is 6.07 Å². The monoisotopic (exact) mass is 356 g/mol. The zero-order valence-corrected chi connectivity index (χ0v) is 15.6. The Morgan fingerprint density at radius 2 is 2.16 bits per heavy atom. The van der Waals surface area contributed by atoms with Gasteiger partial charge in [0.15, 0.2) is 0 Å². The number of likely N-dealkylation sites (N-methyl/N-ethyl adjacent to an activating group) is 1. The molecule has 0 bridgehead atoms. The Hall–Kier alpha value is -1.89. The lowest BCUT2D eigenvalue weighted by atomic mass is 10.1. The predicted molar refractivity (Wildman–Crippen MR) is 105 cm³/mol. The molecule has 1 aromatic heterocycles. The maximum absolute atomic E-state index is 5.30. The van der Waals surface area contributed by atoms with Crippen LogP contribution < -0.4 is 5.32 Å². The standard InChI is InChI=1S/C19H24N4OS/c1-22-9-10-23(13-14(22)7-11-24-2)18-15-8-12-25-19(15)21-17-6-4-3-5-16(17)20-18/h3-6,8,12,14,21H,7,9-11,13H2,1-2H3/t14-/m0/s1. The van der Waals surface area contributed by atoms with Crippen LogP contribution in [0.25, 0.3) is 0 Å². The number of hydrogen-bond donors (Lipinski definition) is 1. The molecule has 3 heterocycles. The molecule has 2 aliphatic rings. The molecular weight excluding hydrogens is 332 g/mol. The van der Waals surface area contributed by atoms with E-state index in [9.17, 15) is 0 Å². The van der Waals surface area contributed by atoms with Gasteiger partial charge in [-0.3, -0.25) is 4.90 Å². The summed E-state index contributed by atoms with van der Waals surface area (Å²) >= 11 is 1.74. The number of amidine groups is 1. The van der Waals surface area contributed by atoms with E-state index in [4.69, 9.17) is 9.73 Å². The molecule has 1 fully saturated rings. The summed E-state index contributed by atoms with van der Waals surface area (Å²) in [4.78, 5) is 9.93. The van der Waals surface area contributed by atoms with Crippen molar-refractivity contribution in [2.24, 2.45) is 4.99 Å². The van der Waals surface area contributed by atoms with Crippen molar-refractivity contribution in [1.82, 2.24) is 9.80 Å². The Labute approximate surface area is 152 Å². The first-order valence-corrected chi connectivity index (χ1v) is 9.61. The van der Waals surface area contributed by atoms with Gasteiger partial charge in [0, 0.05) is 39.4 Å². The number of para-hydroxylation sites is 2. The minimum absolute atomic E-state index is 0.491. The van der Waals surface area contributed by atoms with Gasteiger partial charge >= 0.3 is 0 Å². The van der Waals surface area contributed by atoms with Gasteiger partial charge in [-0.1, -0.05) is 12.1 Å². The zero-order chi connectivity index (χ0) is 17.2. The molecule has 132 valence electrons. The second-order valence-electron chi connectivity index (χ2n) is 6.60. The molecule has 1 atom stereocenters. The van der Waals surface area contributed by atoms with E-state index in [2.05, 4.69) is 51.8 Å². The van der Waals surface area contributed by atoms with E-state index < -0.39 is 0 Å². The Morgan fingerprint density at radius 3 is 3.04 bits per heavy atom. The summed E-state index contributed by atoms with van der Waals surface area (Å²) in [6, 6.07) is 10.9. The molecule has 0 unspecified atom stereocenters. The van der Waals surface area contributed by atoms with Crippen LogP contribution in [0, 0.1) is 0 Å². The van der Waals surface area contributed by atoms with Gasteiger partial charge in [-0.25, -0.2) is 4.99 Å². The molecule has 0 spiro atoms. The number of anilines is 2. The summed E-state index contributed by atoms with van der Waals surface area (Å²) in [6.07, 6.45) is 1.04. The summed E-state index contributed by atoms with van der Waals surface area (Å²) in [6.45, 7) is 3.82. The normalized spacial score (nSPS) is 20.3. The number of nitrogens with zero attached hydrogens (tertiary/aromatic N) is 3. The third-order valence-electron chi connectivity index (χ3n) is 5.02. The summed E-state index contributed by atoms with van der Waals surface area (Å²) in [5.41, 5.74) is 3.29. The number of aliphatic imine (C=N–C) groups is 1. The Bertz CT molecular complexity index is 772. The fraction of sp³-hybridized carbons (Fsp3) is 0.421. The first kappa shape index (κ1) is 16.6. The van der Waals surface area contributed by atoms with Crippen LogP contribution in [-0.2, 0) is 4.74 Å². The first-order chi connectivity index (χ1) is 12.3. The van der Waals surface area contributed by atoms with E-state index in [0.29, 0.717) is 6.04 Å². The largest absolute Gasteiger partial charge is 0.385 e. The molecule has 0 saturated carbocycles. The summed E-state index contributed by atoms with van der Waals surface area (Å²) in [7, 11) is 3.98. The minimum Gasteiger partial charge on any atom is -0.385 e. The second-order valence-corrected chi connectivity index (χ2v) is 7.52. The van der Waals surface area contributed by atoms with Crippen LogP contribution in [0.15, 0.2) is 40.7 Å². The highest BCUT2D eigenvalue weighted by Crippen LogP contribution is 2.37. The van der Waals surface area contributed by atoms with Gasteiger partial charge in [-0.05, 0) is 37.0 Å². The fourth-order valence-corrected chi connectivity index (χ4v) is 4.30. The first-order valence-electron chi connectivity index (χ1n) is 8.73. The molecule has 0 aliphatic carbocycles. The molecule has 6 heteroatoms. The lowest BCUT2D eigenvalue weighted by Gasteiger charge is -2.40. The maximum Gasteiger partial charge on any atom is 0.139 e. The van der Waals surface area contributed by atoms with Crippen LogP contribution >= 0.6 is 11.3 Å². The van der Waals surface area contributed by atoms with E-state index in [1.165, 1.54) is 10.6 Å². The minimum atomic E-state index is 0.491. The number of piperazine rings is 1. The molecule has 5 nitrogen and oxygen atoms in total. The van der Waals surface area contributed by atoms with Crippen LogP contribution in [0.1, 0.15) is 12.0 Å². The van der Waals surface area contributed by atoms with Crippen LogP contribution in [-0.4, -0.2) is 62.1 Å². The van der Waals surface area contributed by atoms with E-state index in [0.717, 1.165) is 49.9 Å². The molecule has 1 N–H and O–H groups in total. The lowest BCUT2D eigenvalue weighted by molar-refractivity contribution is 0.100. The van der Waals surface area contributed by atoms with Crippen molar-refractivity contribution in [3.05, 3.63) is 41.3 Å². The maximum atomic E-state index is 5.30. The van der Waals surface area contributed by atoms with Crippen molar-refractivity contribution >= 4 is 33.5 Å². The second kappa shape index (κ2) is 7.15. The number of hydrogen-bond acceptors (Lipinski definition) is 6. The number of benzene rings is 1. The number of thiophene rings is 1. The zero-order valence-electron chi connectivity index (χ0n) is 14.7. The molecule has 25 heavy (non-hydrogen) atoms. The molecule has 2 aromatic rings. The Balaban J connectivity index is 1.67. The van der Waals surface area contributed by atoms with E-state index >= 15 is 0 Å². The summed E-state index contributed by atoms with van der Waals surface area (Å²) in [5.74, 6) is 1.09. The summed E-state index contributed by atoms with van der Waals surface area (Å²) in [5, 5.41) is 6.87. The van der Waals surface area contributed by atoms with Gasteiger partial charge in [-0.2, -0.15) is 0 Å². The third kappa shape index (κ3) is 3.29. The Kier molecular flexibility index (Phi) is 4.74. The lowest BCUT2D eigenvalue weighted by Crippen LogP contribution is -2.53. The predicted octanol–water partition coefficient (Wildman–Crippen LogP) is 3.54. The van der Waals surface area contributed by atoms with Crippen molar-refractivity contribution < 1.29 is 4.74 Å². The Morgan fingerprint density at radius 1 is 1.28 bits per heavy atom. The average Bonchev–Trinajstić information content (AvgIpc) is 3.02. The number of rotatable bonds is 3. The van der Waals surface area contributed by atoms with Crippen molar-refractivity contribution in [3.8, 4) is 0 Å². The van der Waals surface area contributed by atoms with Gasteiger partial charge in [0.05, 0.1) is 16.9 Å². The quantitative estimate of drug-likeness (QED) is 0.913. The molecular formula is C19H24N4OS. The van der Waals surface area contributed by atoms with Gasteiger partial charge < -0.3 is 15.0 Å². The molecule has 4 rings (SSSR count). The highest BCUT2D eigenvalue weighted by atomic mass is 32.1. The van der Waals surface area contributed by atoms with Crippen LogP contribution in [0.2, 0.25) is 0 Å². The molecule has 1 aromatic carbocycles. The smallest absolute Gasteiger partial charge is 0.139 e. The van der Waals surface area contributed by atoms with E-state index in [-0.39, 0.29) is 0 Å². The number of methoxy groups -OCH3 is 1. The number of nitrogens with one attached hydrogen (secondary N) is 1. The van der Waals surface area contributed by atoms with Gasteiger partial charge in [-0.15, -0.1) is 11.3 Å². The number of ether oxygens (including phenoxy) is 1. The highest BCUT2D eigenvalue weighted by Gasteiger charge is 2.29. The van der Waals surface area contributed by atoms with Crippen LogP contribution in [0.4, 0.5) is 16.4 Å². The molecule has 0 radical (unpaired) electrons. The summed E-state index contributed by atoms with van der Waals surface area (Å²) < 4.78 is 5.30. The topological polar surface area (TPSA) is 40.1 Å². The van der Waals surface area contributed by atoms with Crippen molar-refractivity contribution in [3.63, 3.8) is 0 Å². The van der Waals surface area contributed by atoms with Crippen LogP contribution in [0.5, 0.6) is 0 Å². The van der Waals surface area contributed by atoms with E-state index in [1.54, 1.807) is 18.4 Å². The fourth-order valence-electron chi connectivity index (χ4n) is 3.50. The molecule has 0 amide bonds. The SMILES string of the molecule is COCC[C@H]1CN(C2=Nc3ccccc3Nc3sccc32)CCN1C. The van der Waals surface area contributed by atoms with Gasteiger partial charge in [0.25, 0.3) is 0 Å². The van der Waals surface area contributed by atoms with Gasteiger partial charge in [0.1, 0.15) is 10.8 Å². The van der Waals surface area contributed by atoms with Crippen molar-refractivity contribution in [2.45, 2.75) is 12.5 Å². The van der Waals surface area contributed by atoms with Crippen LogP contribution in [0.3, 0.4) is 0 Å². The highest BCUT2D eigenvalue weighted by molar-refractivity contribution is 7.14. The molecule has 1 saturated heterocycles. The average molecular weight is 356 g/mol. The van der Waals surface area contributed by atoms with Crippen molar-refractivity contribution in [1.29, 1.82) is 0 Å². The molecule has 2 aliphatic heterocycles. The third-order valence-corrected chi connectivity index (χ3v) is 5.85. The van der Waals surface area contributed by atoms with Crippen molar-refractivity contribution in [2.75, 3.05) is 45.7 Å². The number of fused-ring (bicyclic) bond motifs is 2. The van der Waals surface area contributed by atoms with Gasteiger partial charge in [0.2, 0.25) is 0 Å².